The zero-order chi connectivity index (χ0) is 14.8. The molecule has 0 saturated carbocycles. The number of benzene rings is 2. The van der Waals surface area contributed by atoms with Crippen LogP contribution in [-0.4, -0.2) is 25.0 Å². The van der Waals surface area contributed by atoms with Gasteiger partial charge in [0.1, 0.15) is 0 Å². The highest BCUT2D eigenvalue weighted by Crippen LogP contribution is 2.25. The van der Waals surface area contributed by atoms with Gasteiger partial charge < -0.3 is 4.90 Å². The number of para-hydroxylation sites is 1. The van der Waals surface area contributed by atoms with Gasteiger partial charge in [-0.3, -0.25) is 10.1 Å². The second-order valence-electron chi connectivity index (χ2n) is 4.88. The van der Waals surface area contributed by atoms with Crippen LogP contribution in [0.2, 0.25) is 0 Å². The fraction of sp³-hybridized carbons (Fsp3) is 0.125. The van der Waals surface area contributed by atoms with Crippen molar-refractivity contribution >= 4 is 38.3 Å². The number of anilines is 2. The van der Waals surface area contributed by atoms with E-state index in [1.165, 1.54) is 11.3 Å². The summed E-state index contributed by atoms with van der Waals surface area (Å²) in [5.74, 6) is -0.139. The van der Waals surface area contributed by atoms with Crippen molar-refractivity contribution in [2.45, 2.75) is 0 Å². The third kappa shape index (κ3) is 2.87. The quantitative estimate of drug-likeness (QED) is 0.803. The molecule has 1 aromatic heterocycles. The van der Waals surface area contributed by atoms with E-state index >= 15 is 0 Å². The Labute approximate surface area is 127 Å². The molecular formula is C16H15N3OS. The van der Waals surface area contributed by atoms with E-state index in [1.54, 1.807) is 0 Å². The maximum absolute atomic E-state index is 12.2. The van der Waals surface area contributed by atoms with Gasteiger partial charge in [-0.1, -0.05) is 23.5 Å². The Bertz CT molecular complexity index is 745. The minimum Gasteiger partial charge on any atom is -0.378 e. The van der Waals surface area contributed by atoms with Gasteiger partial charge in [0.15, 0.2) is 5.13 Å². The Morgan fingerprint density at radius 1 is 1.10 bits per heavy atom. The Kier molecular flexibility index (Phi) is 3.58. The van der Waals surface area contributed by atoms with Crippen LogP contribution >= 0.6 is 11.3 Å². The summed E-state index contributed by atoms with van der Waals surface area (Å²) in [6, 6.07) is 15.3. The van der Waals surface area contributed by atoms with Gasteiger partial charge in [0, 0.05) is 25.3 Å². The molecule has 0 bridgehead atoms. The van der Waals surface area contributed by atoms with Gasteiger partial charge in [0.2, 0.25) is 0 Å². The molecule has 0 radical (unpaired) electrons. The normalized spacial score (nSPS) is 10.6. The van der Waals surface area contributed by atoms with E-state index < -0.39 is 0 Å². The monoisotopic (exact) mass is 297 g/mol. The smallest absolute Gasteiger partial charge is 0.257 e. The fourth-order valence-corrected chi connectivity index (χ4v) is 2.87. The van der Waals surface area contributed by atoms with Crippen LogP contribution in [0.25, 0.3) is 10.2 Å². The van der Waals surface area contributed by atoms with Crippen LogP contribution in [0.3, 0.4) is 0 Å². The molecule has 0 aliphatic heterocycles. The lowest BCUT2D eigenvalue weighted by molar-refractivity contribution is 0.102. The maximum atomic E-state index is 12.2. The molecule has 0 aliphatic carbocycles. The van der Waals surface area contributed by atoms with Crippen molar-refractivity contribution in [3.63, 3.8) is 0 Å². The van der Waals surface area contributed by atoms with Gasteiger partial charge in [-0.25, -0.2) is 4.98 Å². The number of aromatic nitrogens is 1. The van der Waals surface area contributed by atoms with Crippen molar-refractivity contribution in [2.24, 2.45) is 0 Å². The van der Waals surface area contributed by atoms with E-state index in [2.05, 4.69) is 10.3 Å². The zero-order valence-corrected chi connectivity index (χ0v) is 12.6. The summed E-state index contributed by atoms with van der Waals surface area (Å²) >= 11 is 1.48. The first-order valence-electron chi connectivity index (χ1n) is 6.58. The lowest BCUT2D eigenvalue weighted by Gasteiger charge is -2.12. The standard InChI is InChI=1S/C16H15N3OS/c1-19(2)12-9-7-11(8-10-12)15(20)18-16-17-13-5-3-4-6-14(13)21-16/h3-10H,1-2H3,(H,17,18,20). The van der Waals surface area contributed by atoms with Gasteiger partial charge in [-0.15, -0.1) is 0 Å². The van der Waals surface area contributed by atoms with E-state index in [4.69, 9.17) is 0 Å². The average Bonchev–Trinajstić information content (AvgIpc) is 2.89. The minimum absolute atomic E-state index is 0.139. The molecular weight excluding hydrogens is 282 g/mol. The van der Waals surface area contributed by atoms with Gasteiger partial charge in [-0.05, 0) is 36.4 Å². The maximum Gasteiger partial charge on any atom is 0.257 e. The third-order valence-electron chi connectivity index (χ3n) is 3.16. The number of hydrogen-bond acceptors (Lipinski definition) is 4. The van der Waals surface area contributed by atoms with Crippen molar-refractivity contribution in [3.05, 3.63) is 54.1 Å². The number of hydrogen-bond donors (Lipinski definition) is 1. The van der Waals surface area contributed by atoms with E-state index in [0.29, 0.717) is 10.7 Å². The van der Waals surface area contributed by atoms with Crippen molar-refractivity contribution in [2.75, 3.05) is 24.3 Å². The van der Waals surface area contributed by atoms with Crippen LogP contribution in [0.5, 0.6) is 0 Å². The van der Waals surface area contributed by atoms with E-state index in [1.807, 2.05) is 67.5 Å². The van der Waals surface area contributed by atoms with Crippen LogP contribution in [0.1, 0.15) is 10.4 Å². The molecule has 1 N–H and O–H groups in total. The Morgan fingerprint density at radius 2 is 1.81 bits per heavy atom. The summed E-state index contributed by atoms with van der Waals surface area (Å²) in [6.07, 6.45) is 0. The highest BCUT2D eigenvalue weighted by Gasteiger charge is 2.09. The number of nitrogens with zero attached hydrogens (tertiary/aromatic N) is 2. The Morgan fingerprint density at radius 3 is 2.48 bits per heavy atom. The van der Waals surface area contributed by atoms with Gasteiger partial charge in [-0.2, -0.15) is 0 Å². The molecule has 0 spiro atoms. The molecule has 21 heavy (non-hydrogen) atoms. The summed E-state index contributed by atoms with van der Waals surface area (Å²) in [5, 5.41) is 3.47. The molecule has 0 atom stereocenters. The van der Waals surface area contributed by atoms with Crippen LogP contribution in [0, 0.1) is 0 Å². The number of amides is 1. The molecule has 3 rings (SSSR count). The molecule has 5 heteroatoms. The molecule has 3 aromatic rings. The predicted molar refractivity (Wildman–Crippen MR) is 88.3 cm³/mol. The van der Waals surface area contributed by atoms with Crippen molar-refractivity contribution in [1.82, 2.24) is 4.98 Å². The second-order valence-corrected chi connectivity index (χ2v) is 5.91. The summed E-state index contributed by atoms with van der Waals surface area (Å²) in [5.41, 5.74) is 2.59. The van der Waals surface area contributed by atoms with Crippen LogP contribution in [0.4, 0.5) is 10.8 Å². The number of rotatable bonds is 3. The first kappa shape index (κ1) is 13.6. The largest absolute Gasteiger partial charge is 0.378 e. The molecule has 0 aliphatic rings. The summed E-state index contributed by atoms with van der Waals surface area (Å²) in [4.78, 5) is 18.6. The van der Waals surface area contributed by atoms with Crippen LogP contribution < -0.4 is 10.2 Å². The third-order valence-corrected chi connectivity index (χ3v) is 4.11. The zero-order valence-electron chi connectivity index (χ0n) is 11.8. The SMILES string of the molecule is CN(C)c1ccc(C(=O)Nc2nc3ccccc3s2)cc1. The fourth-order valence-electron chi connectivity index (χ4n) is 2.01. The van der Waals surface area contributed by atoms with E-state index in [9.17, 15) is 4.79 Å². The summed E-state index contributed by atoms with van der Waals surface area (Å²) in [6.45, 7) is 0. The first-order chi connectivity index (χ1) is 10.1. The number of carbonyl (C=O) groups is 1. The summed E-state index contributed by atoms with van der Waals surface area (Å²) in [7, 11) is 3.94. The molecule has 0 fully saturated rings. The molecule has 0 saturated heterocycles. The van der Waals surface area contributed by atoms with Crippen molar-refractivity contribution in [1.29, 1.82) is 0 Å². The van der Waals surface area contributed by atoms with Gasteiger partial charge >= 0.3 is 0 Å². The molecule has 1 heterocycles. The topological polar surface area (TPSA) is 45.2 Å². The Hall–Kier alpha value is -2.40. The first-order valence-corrected chi connectivity index (χ1v) is 7.39. The van der Waals surface area contributed by atoms with Gasteiger partial charge in [0.25, 0.3) is 5.91 Å². The van der Waals surface area contributed by atoms with Crippen molar-refractivity contribution in [3.8, 4) is 0 Å². The van der Waals surface area contributed by atoms with Gasteiger partial charge in [0.05, 0.1) is 10.2 Å². The number of thiazole rings is 1. The second kappa shape index (κ2) is 5.54. The molecule has 4 nitrogen and oxygen atoms in total. The lowest BCUT2D eigenvalue weighted by Crippen LogP contribution is -2.13. The van der Waals surface area contributed by atoms with E-state index in [0.717, 1.165) is 15.9 Å². The number of fused-ring (bicyclic) bond motifs is 1. The number of nitrogens with one attached hydrogen (secondary N) is 1. The predicted octanol–water partition coefficient (Wildman–Crippen LogP) is 3.61. The van der Waals surface area contributed by atoms with E-state index in [-0.39, 0.29) is 5.91 Å². The highest BCUT2D eigenvalue weighted by molar-refractivity contribution is 7.22. The Balaban J connectivity index is 1.79. The number of carbonyl (C=O) groups excluding carboxylic acids is 1. The van der Waals surface area contributed by atoms with Crippen molar-refractivity contribution < 1.29 is 4.79 Å². The average molecular weight is 297 g/mol. The minimum atomic E-state index is -0.139. The molecule has 0 unspecified atom stereocenters. The lowest BCUT2D eigenvalue weighted by atomic mass is 10.2. The molecule has 106 valence electrons. The highest BCUT2D eigenvalue weighted by atomic mass is 32.1. The molecule has 1 amide bonds. The van der Waals surface area contributed by atoms with Crippen LogP contribution in [-0.2, 0) is 0 Å². The van der Waals surface area contributed by atoms with Crippen LogP contribution in [0.15, 0.2) is 48.5 Å². The summed E-state index contributed by atoms with van der Waals surface area (Å²) < 4.78 is 1.07. The molecule has 2 aromatic carbocycles.